The molecular weight excluding hydrogens is 320 g/mol. The number of carbonyl (C=O) groups excluding carboxylic acids is 1. The number of rotatable bonds is 5. The summed E-state index contributed by atoms with van der Waals surface area (Å²) in [6, 6.07) is 9.48. The van der Waals surface area contributed by atoms with E-state index in [1.807, 2.05) is 44.4 Å². The second kappa shape index (κ2) is 7.04. The molecule has 0 atom stereocenters. The Morgan fingerprint density at radius 3 is 2.68 bits per heavy atom. The van der Waals surface area contributed by atoms with Gasteiger partial charge < -0.3 is 10.2 Å². The third-order valence-corrected chi connectivity index (χ3v) is 3.55. The van der Waals surface area contributed by atoms with Crippen molar-refractivity contribution in [2.45, 2.75) is 13.5 Å². The molecule has 0 aliphatic rings. The SMILES string of the molecule is Cc1nc(N(C)C)ncc1C(=O)NCc1nnnn1-c1ccccc1. The fourth-order valence-electron chi connectivity index (χ4n) is 2.23. The molecule has 0 fully saturated rings. The van der Waals surface area contributed by atoms with Gasteiger partial charge in [0, 0.05) is 20.3 Å². The lowest BCUT2D eigenvalue weighted by Gasteiger charge is -2.12. The van der Waals surface area contributed by atoms with Crippen LogP contribution >= 0.6 is 0 Å². The Kier molecular flexibility index (Phi) is 4.64. The first-order valence-corrected chi connectivity index (χ1v) is 7.68. The summed E-state index contributed by atoms with van der Waals surface area (Å²) >= 11 is 0. The number of tetrazole rings is 1. The lowest BCUT2D eigenvalue weighted by atomic mass is 10.2. The van der Waals surface area contributed by atoms with Crippen LogP contribution in [0, 0.1) is 6.92 Å². The van der Waals surface area contributed by atoms with Gasteiger partial charge in [-0.25, -0.2) is 9.97 Å². The number of hydrogen-bond acceptors (Lipinski definition) is 7. The number of anilines is 1. The smallest absolute Gasteiger partial charge is 0.255 e. The Balaban J connectivity index is 1.73. The molecule has 0 aliphatic carbocycles. The van der Waals surface area contributed by atoms with Crippen LogP contribution < -0.4 is 10.2 Å². The van der Waals surface area contributed by atoms with Gasteiger partial charge in [-0.15, -0.1) is 5.10 Å². The molecule has 0 unspecified atom stereocenters. The zero-order chi connectivity index (χ0) is 17.8. The summed E-state index contributed by atoms with van der Waals surface area (Å²) in [4.78, 5) is 22.7. The average molecular weight is 338 g/mol. The molecule has 0 bridgehead atoms. The molecule has 2 aromatic heterocycles. The lowest BCUT2D eigenvalue weighted by Crippen LogP contribution is -2.26. The first-order chi connectivity index (χ1) is 12.1. The molecule has 1 aromatic carbocycles. The van der Waals surface area contributed by atoms with E-state index in [9.17, 15) is 4.79 Å². The van der Waals surface area contributed by atoms with Crippen molar-refractivity contribution in [3.05, 3.63) is 53.6 Å². The molecule has 9 heteroatoms. The maximum atomic E-state index is 12.4. The van der Waals surface area contributed by atoms with E-state index in [4.69, 9.17) is 0 Å². The number of nitrogens with zero attached hydrogens (tertiary/aromatic N) is 7. The zero-order valence-electron chi connectivity index (χ0n) is 14.2. The molecule has 1 N–H and O–H groups in total. The topological polar surface area (TPSA) is 102 Å². The Morgan fingerprint density at radius 2 is 2.00 bits per heavy atom. The largest absolute Gasteiger partial charge is 0.347 e. The monoisotopic (exact) mass is 338 g/mol. The number of para-hydroxylation sites is 1. The number of aryl methyl sites for hydroxylation is 1. The number of hydrogen-bond donors (Lipinski definition) is 1. The second-order valence-corrected chi connectivity index (χ2v) is 5.59. The number of aromatic nitrogens is 6. The summed E-state index contributed by atoms with van der Waals surface area (Å²) in [6.07, 6.45) is 1.52. The first kappa shape index (κ1) is 16.5. The van der Waals surface area contributed by atoms with Gasteiger partial charge in [-0.2, -0.15) is 4.68 Å². The minimum absolute atomic E-state index is 0.190. The van der Waals surface area contributed by atoms with Gasteiger partial charge in [0.15, 0.2) is 5.82 Å². The molecule has 128 valence electrons. The van der Waals surface area contributed by atoms with Crippen molar-refractivity contribution in [2.75, 3.05) is 19.0 Å². The van der Waals surface area contributed by atoms with Gasteiger partial charge in [-0.05, 0) is 29.5 Å². The molecule has 0 saturated carbocycles. The Bertz CT molecular complexity index is 875. The van der Waals surface area contributed by atoms with E-state index in [1.54, 1.807) is 16.5 Å². The normalized spacial score (nSPS) is 10.5. The summed E-state index contributed by atoms with van der Waals surface area (Å²) in [5, 5.41) is 14.4. The third kappa shape index (κ3) is 3.60. The molecule has 3 rings (SSSR count). The fourth-order valence-corrected chi connectivity index (χ4v) is 2.23. The highest BCUT2D eigenvalue weighted by atomic mass is 16.1. The van der Waals surface area contributed by atoms with Crippen molar-refractivity contribution in [2.24, 2.45) is 0 Å². The number of amides is 1. The Hall–Kier alpha value is -3.36. The number of benzene rings is 1. The van der Waals surface area contributed by atoms with Crippen LogP contribution in [-0.2, 0) is 6.54 Å². The molecule has 25 heavy (non-hydrogen) atoms. The van der Waals surface area contributed by atoms with Crippen molar-refractivity contribution >= 4 is 11.9 Å². The average Bonchev–Trinajstić information content (AvgIpc) is 3.09. The maximum Gasteiger partial charge on any atom is 0.255 e. The van der Waals surface area contributed by atoms with E-state index in [0.717, 1.165) is 5.69 Å². The molecule has 0 saturated heterocycles. The van der Waals surface area contributed by atoms with Crippen LogP contribution in [-0.4, -0.2) is 50.2 Å². The third-order valence-electron chi connectivity index (χ3n) is 3.55. The van der Waals surface area contributed by atoms with Crippen molar-refractivity contribution < 1.29 is 4.79 Å². The van der Waals surface area contributed by atoms with Crippen molar-refractivity contribution in [1.29, 1.82) is 0 Å². The summed E-state index contributed by atoms with van der Waals surface area (Å²) in [7, 11) is 3.69. The molecular formula is C16H18N8O. The van der Waals surface area contributed by atoms with Crippen molar-refractivity contribution in [1.82, 2.24) is 35.5 Å². The number of carbonyl (C=O) groups is 1. The van der Waals surface area contributed by atoms with Crippen molar-refractivity contribution in [3.8, 4) is 5.69 Å². The summed E-state index contributed by atoms with van der Waals surface area (Å²) in [5.41, 5.74) is 1.86. The van der Waals surface area contributed by atoms with Crippen LogP contribution in [0.3, 0.4) is 0 Å². The zero-order valence-corrected chi connectivity index (χ0v) is 14.2. The van der Waals surface area contributed by atoms with E-state index in [0.29, 0.717) is 23.0 Å². The van der Waals surface area contributed by atoms with Gasteiger partial charge in [0.2, 0.25) is 5.95 Å². The van der Waals surface area contributed by atoms with Crippen LogP contribution in [0.2, 0.25) is 0 Å². The van der Waals surface area contributed by atoms with E-state index in [2.05, 4.69) is 30.8 Å². The van der Waals surface area contributed by atoms with Gasteiger partial charge in [0.05, 0.1) is 23.5 Å². The molecule has 2 heterocycles. The van der Waals surface area contributed by atoms with E-state index in [1.165, 1.54) is 6.20 Å². The van der Waals surface area contributed by atoms with Crippen molar-refractivity contribution in [3.63, 3.8) is 0 Å². The standard InChI is InChI=1S/C16H18N8O/c1-11-13(9-18-16(19-11)23(2)3)15(25)17-10-14-20-21-22-24(14)12-7-5-4-6-8-12/h4-9H,10H2,1-3H3,(H,17,25). The van der Waals surface area contributed by atoms with Gasteiger partial charge in [0.1, 0.15) is 0 Å². The number of nitrogens with one attached hydrogen (secondary N) is 1. The highest BCUT2D eigenvalue weighted by molar-refractivity contribution is 5.94. The van der Waals surface area contributed by atoms with Gasteiger partial charge in [0.25, 0.3) is 5.91 Å². The van der Waals surface area contributed by atoms with E-state index in [-0.39, 0.29) is 12.5 Å². The molecule has 3 aromatic rings. The first-order valence-electron chi connectivity index (χ1n) is 7.68. The van der Waals surface area contributed by atoms with Gasteiger partial charge in [-0.1, -0.05) is 18.2 Å². The summed E-state index contributed by atoms with van der Waals surface area (Å²) in [5.74, 6) is 0.815. The molecule has 0 spiro atoms. The second-order valence-electron chi connectivity index (χ2n) is 5.59. The van der Waals surface area contributed by atoms with E-state index < -0.39 is 0 Å². The maximum absolute atomic E-state index is 12.4. The minimum atomic E-state index is -0.273. The van der Waals surface area contributed by atoms with Crippen LogP contribution in [0.1, 0.15) is 21.9 Å². The van der Waals surface area contributed by atoms with Gasteiger partial charge in [-0.3, -0.25) is 4.79 Å². The molecule has 1 amide bonds. The predicted octanol–water partition coefficient (Wildman–Crippen LogP) is 0.757. The van der Waals surface area contributed by atoms with Gasteiger partial charge >= 0.3 is 0 Å². The molecule has 0 aliphatic heterocycles. The Labute approximate surface area is 144 Å². The highest BCUT2D eigenvalue weighted by Crippen LogP contribution is 2.10. The Morgan fingerprint density at radius 1 is 1.24 bits per heavy atom. The molecule has 0 radical (unpaired) electrons. The van der Waals surface area contributed by atoms with Crippen LogP contribution in [0.15, 0.2) is 36.5 Å². The highest BCUT2D eigenvalue weighted by Gasteiger charge is 2.14. The van der Waals surface area contributed by atoms with Crippen LogP contribution in [0.25, 0.3) is 5.69 Å². The summed E-state index contributed by atoms with van der Waals surface area (Å²) in [6.45, 7) is 1.97. The quantitative estimate of drug-likeness (QED) is 0.732. The lowest BCUT2D eigenvalue weighted by molar-refractivity contribution is 0.0948. The summed E-state index contributed by atoms with van der Waals surface area (Å²) < 4.78 is 1.58. The molecule has 9 nitrogen and oxygen atoms in total. The van der Waals surface area contributed by atoms with Crippen LogP contribution in [0.4, 0.5) is 5.95 Å². The van der Waals surface area contributed by atoms with E-state index >= 15 is 0 Å². The van der Waals surface area contributed by atoms with Crippen LogP contribution in [0.5, 0.6) is 0 Å². The fraction of sp³-hybridized carbons (Fsp3) is 0.250. The minimum Gasteiger partial charge on any atom is -0.347 e. The predicted molar refractivity (Wildman–Crippen MR) is 91.4 cm³/mol.